The fourth-order valence-corrected chi connectivity index (χ4v) is 1.90. The van der Waals surface area contributed by atoms with Gasteiger partial charge in [-0.3, -0.25) is 4.90 Å². The summed E-state index contributed by atoms with van der Waals surface area (Å²) in [6, 6.07) is 2.28. The number of rotatable bonds is 2. The molecule has 0 amide bonds. The van der Waals surface area contributed by atoms with Crippen LogP contribution in [0, 0.1) is 17.2 Å². The molecule has 1 heterocycles. The van der Waals surface area contributed by atoms with Gasteiger partial charge in [0.1, 0.15) is 5.78 Å². The molecule has 3 heteroatoms. The topological polar surface area (TPSA) is 44.1 Å². The first-order valence-electron chi connectivity index (χ1n) is 4.72. The molecular weight excluding hydrogens is 164 g/mol. The summed E-state index contributed by atoms with van der Waals surface area (Å²) in [6.45, 7) is 2.57. The summed E-state index contributed by atoms with van der Waals surface area (Å²) in [5.74, 6) is 0.671. The van der Waals surface area contributed by atoms with E-state index in [1.54, 1.807) is 6.92 Å². The summed E-state index contributed by atoms with van der Waals surface area (Å²) in [5.41, 5.74) is 0. The Kier molecular flexibility index (Phi) is 3.44. The average Bonchev–Trinajstić information content (AvgIpc) is 2.07. The second kappa shape index (κ2) is 4.38. The van der Waals surface area contributed by atoms with Gasteiger partial charge in [-0.25, -0.2) is 0 Å². The molecule has 1 rings (SSSR count). The predicted molar refractivity (Wildman–Crippen MR) is 50.1 cm³/mol. The summed E-state index contributed by atoms with van der Waals surface area (Å²) in [6.07, 6.45) is 2.55. The highest BCUT2D eigenvalue weighted by Crippen LogP contribution is 2.24. The standard InChI is InChI=1S/C10H16N2O/c1-8(13)5-9-3-4-12(2)10(6-9)7-11/h9-10H,3-6H2,1-2H3. The largest absolute Gasteiger partial charge is 0.300 e. The Bertz CT molecular complexity index is 232. The molecule has 0 saturated carbocycles. The maximum absolute atomic E-state index is 10.9. The van der Waals surface area contributed by atoms with Crippen LogP contribution in [0.1, 0.15) is 26.2 Å². The van der Waals surface area contributed by atoms with E-state index in [-0.39, 0.29) is 11.8 Å². The first-order valence-corrected chi connectivity index (χ1v) is 4.72. The van der Waals surface area contributed by atoms with E-state index < -0.39 is 0 Å². The molecule has 0 aromatic heterocycles. The third-order valence-corrected chi connectivity index (χ3v) is 2.70. The minimum Gasteiger partial charge on any atom is -0.300 e. The van der Waals surface area contributed by atoms with Gasteiger partial charge in [0.25, 0.3) is 0 Å². The van der Waals surface area contributed by atoms with E-state index in [0.29, 0.717) is 12.3 Å². The number of hydrogen-bond donors (Lipinski definition) is 0. The highest BCUT2D eigenvalue weighted by molar-refractivity contribution is 5.75. The van der Waals surface area contributed by atoms with E-state index >= 15 is 0 Å². The van der Waals surface area contributed by atoms with Crippen molar-refractivity contribution in [3.63, 3.8) is 0 Å². The van der Waals surface area contributed by atoms with Crippen LogP contribution in [0.5, 0.6) is 0 Å². The number of ketones is 1. The zero-order valence-electron chi connectivity index (χ0n) is 8.29. The van der Waals surface area contributed by atoms with E-state index in [4.69, 9.17) is 5.26 Å². The molecule has 0 aromatic carbocycles. The van der Waals surface area contributed by atoms with Gasteiger partial charge in [0.15, 0.2) is 0 Å². The molecule has 13 heavy (non-hydrogen) atoms. The number of hydrogen-bond acceptors (Lipinski definition) is 3. The normalized spacial score (nSPS) is 29.6. The van der Waals surface area contributed by atoms with Crippen LogP contribution in [0.25, 0.3) is 0 Å². The Balaban J connectivity index is 2.46. The van der Waals surface area contributed by atoms with Gasteiger partial charge in [0, 0.05) is 6.42 Å². The van der Waals surface area contributed by atoms with Crippen molar-refractivity contribution in [2.24, 2.45) is 5.92 Å². The first kappa shape index (κ1) is 10.2. The van der Waals surface area contributed by atoms with E-state index in [9.17, 15) is 4.79 Å². The van der Waals surface area contributed by atoms with Crippen molar-refractivity contribution in [1.29, 1.82) is 5.26 Å². The zero-order chi connectivity index (χ0) is 9.84. The Morgan fingerprint density at radius 3 is 2.92 bits per heavy atom. The Labute approximate surface area is 79.3 Å². The van der Waals surface area contributed by atoms with E-state index in [2.05, 4.69) is 11.0 Å². The van der Waals surface area contributed by atoms with Crippen molar-refractivity contribution in [2.45, 2.75) is 32.2 Å². The number of piperidine rings is 1. The van der Waals surface area contributed by atoms with Crippen molar-refractivity contribution in [3.8, 4) is 6.07 Å². The molecule has 2 atom stereocenters. The molecule has 1 saturated heterocycles. The smallest absolute Gasteiger partial charge is 0.130 e. The third-order valence-electron chi connectivity index (χ3n) is 2.70. The Morgan fingerprint density at radius 1 is 1.69 bits per heavy atom. The lowest BCUT2D eigenvalue weighted by Crippen LogP contribution is -2.39. The minimum atomic E-state index is 0.0121. The lowest BCUT2D eigenvalue weighted by Gasteiger charge is -2.32. The molecule has 0 bridgehead atoms. The second-order valence-corrected chi connectivity index (χ2v) is 3.92. The van der Waals surface area contributed by atoms with Gasteiger partial charge in [-0.2, -0.15) is 5.26 Å². The molecule has 1 aliphatic heterocycles. The monoisotopic (exact) mass is 180 g/mol. The van der Waals surface area contributed by atoms with E-state index in [1.807, 2.05) is 7.05 Å². The predicted octanol–water partition coefficient (Wildman–Crippen LogP) is 1.20. The maximum atomic E-state index is 10.9. The molecule has 0 aliphatic carbocycles. The molecule has 72 valence electrons. The van der Waals surface area contributed by atoms with Crippen molar-refractivity contribution in [3.05, 3.63) is 0 Å². The Hall–Kier alpha value is -0.880. The summed E-state index contributed by atoms with van der Waals surface area (Å²) < 4.78 is 0. The number of Topliss-reactive ketones (excluding diaryl/α,β-unsaturated/α-hetero) is 1. The lowest BCUT2D eigenvalue weighted by atomic mass is 9.88. The van der Waals surface area contributed by atoms with Gasteiger partial charge < -0.3 is 4.79 Å². The van der Waals surface area contributed by atoms with Gasteiger partial charge in [0.05, 0.1) is 12.1 Å². The van der Waals surface area contributed by atoms with Crippen LogP contribution in [0.4, 0.5) is 0 Å². The number of carbonyl (C=O) groups is 1. The van der Waals surface area contributed by atoms with Crippen LogP contribution in [-0.4, -0.2) is 30.3 Å². The molecule has 2 unspecified atom stereocenters. The van der Waals surface area contributed by atoms with Crippen LogP contribution < -0.4 is 0 Å². The SMILES string of the molecule is CC(=O)CC1CCN(C)C(C#N)C1. The summed E-state index contributed by atoms with van der Waals surface area (Å²) in [7, 11) is 1.97. The van der Waals surface area contributed by atoms with Crippen LogP contribution in [0.2, 0.25) is 0 Å². The summed E-state index contributed by atoms with van der Waals surface area (Å²) in [5, 5.41) is 8.84. The molecule has 0 spiro atoms. The molecule has 0 radical (unpaired) electrons. The van der Waals surface area contributed by atoms with Gasteiger partial charge in [-0.1, -0.05) is 0 Å². The van der Waals surface area contributed by atoms with Gasteiger partial charge >= 0.3 is 0 Å². The average molecular weight is 180 g/mol. The second-order valence-electron chi connectivity index (χ2n) is 3.92. The molecule has 1 aliphatic rings. The summed E-state index contributed by atoms with van der Waals surface area (Å²) >= 11 is 0. The van der Waals surface area contributed by atoms with Crippen LogP contribution in [0.15, 0.2) is 0 Å². The van der Waals surface area contributed by atoms with Crippen LogP contribution in [-0.2, 0) is 4.79 Å². The number of carbonyl (C=O) groups excluding carboxylic acids is 1. The first-order chi connectivity index (χ1) is 6.13. The van der Waals surface area contributed by atoms with Crippen LogP contribution in [0.3, 0.4) is 0 Å². The van der Waals surface area contributed by atoms with Crippen molar-refractivity contribution in [2.75, 3.05) is 13.6 Å². The third kappa shape index (κ3) is 2.82. The van der Waals surface area contributed by atoms with Gasteiger partial charge in [-0.05, 0) is 39.3 Å². The molecule has 0 N–H and O–H groups in total. The Morgan fingerprint density at radius 2 is 2.38 bits per heavy atom. The fourth-order valence-electron chi connectivity index (χ4n) is 1.90. The van der Waals surface area contributed by atoms with Crippen molar-refractivity contribution < 1.29 is 4.79 Å². The van der Waals surface area contributed by atoms with Crippen molar-refractivity contribution in [1.82, 2.24) is 4.90 Å². The lowest BCUT2D eigenvalue weighted by molar-refractivity contribution is -0.118. The highest BCUT2D eigenvalue weighted by Gasteiger charge is 2.26. The highest BCUT2D eigenvalue weighted by atomic mass is 16.1. The van der Waals surface area contributed by atoms with E-state index in [0.717, 1.165) is 19.4 Å². The van der Waals surface area contributed by atoms with Crippen LogP contribution >= 0.6 is 0 Å². The number of nitrogens with zero attached hydrogens (tertiary/aromatic N) is 2. The molecule has 1 fully saturated rings. The van der Waals surface area contributed by atoms with E-state index in [1.165, 1.54) is 0 Å². The van der Waals surface area contributed by atoms with Gasteiger partial charge in [-0.15, -0.1) is 0 Å². The number of likely N-dealkylation sites (tertiary alicyclic amines) is 1. The molecular formula is C10H16N2O. The summed E-state index contributed by atoms with van der Waals surface area (Å²) in [4.78, 5) is 13.0. The van der Waals surface area contributed by atoms with Crippen molar-refractivity contribution >= 4 is 5.78 Å². The van der Waals surface area contributed by atoms with Gasteiger partial charge in [0.2, 0.25) is 0 Å². The zero-order valence-corrected chi connectivity index (χ0v) is 8.29. The fraction of sp³-hybridized carbons (Fsp3) is 0.800. The minimum absolute atomic E-state index is 0.0121. The maximum Gasteiger partial charge on any atom is 0.130 e. The molecule has 3 nitrogen and oxygen atoms in total. The quantitative estimate of drug-likeness (QED) is 0.641. The number of nitriles is 1. The molecule has 0 aromatic rings.